The van der Waals surface area contributed by atoms with Crippen LogP contribution in [0.1, 0.15) is 11.7 Å². The lowest BCUT2D eigenvalue weighted by molar-refractivity contribution is 0.186. The molecule has 0 bridgehead atoms. The number of phenolic OH excluding ortho intramolecular Hbond substituents is 2. The minimum absolute atomic E-state index is 0. The number of aromatic hydroxyl groups is 2. The van der Waals surface area contributed by atoms with Gasteiger partial charge in [0.25, 0.3) is 0 Å². The average molecular weight is 212 g/mol. The summed E-state index contributed by atoms with van der Waals surface area (Å²) in [5.41, 5.74) is 5.69. The van der Waals surface area contributed by atoms with Crippen molar-refractivity contribution >= 4 is 12.4 Å². The number of rotatable bonds is 2. The molecule has 0 aliphatic heterocycles. The second-order valence-electron chi connectivity index (χ2n) is 2.50. The Balaban J connectivity index is 0.00000144. The molecule has 0 spiro atoms. The highest BCUT2D eigenvalue weighted by Crippen LogP contribution is 2.27. The summed E-state index contributed by atoms with van der Waals surface area (Å²) < 4.78 is 0. The van der Waals surface area contributed by atoms with E-state index < -0.39 is 6.10 Å². The molecule has 0 saturated heterocycles. The molecule has 5 heteroatoms. The molecule has 0 aliphatic rings. The van der Waals surface area contributed by atoms with Crippen LogP contribution in [0.2, 0.25) is 0 Å². The summed E-state index contributed by atoms with van der Waals surface area (Å²) in [5, 5.41) is 27.2. The fourth-order valence-electron chi connectivity index (χ4n) is 0.884. The van der Waals surface area contributed by atoms with E-state index in [4.69, 9.17) is 15.9 Å². The van der Waals surface area contributed by atoms with Crippen molar-refractivity contribution < 1.29 is 15.3 Å². The van der Waals surface area contributed by atoms with Crippen molar-refractivity contribution in [1.29, 1.82) is 0 Å². The molecule has 0 saturated carbocycles. The van der Waals surface area contributed by atoms with E-state index in [0.29, 0.717) is 5.56 Å². The summed E-state index contributed by atoms with van der Waals surface area (Å²) >= 11 is 0. The van der Waals surface area contributed by atoms with Crippen LogP contribution in [0, 0.1) is 0 Å². The molecule has 0 amide bonds. The van der Waals surface area contributed by atoms with Crippen LogP contribution in [0.5, 0.6) is 11.5 Å². The number of nitrogens with two attached hydrogens (primary N) is 1. The number of phenols is 2. The molecule has 4 nitrogen and oxygen atoms in total. The third-order valence-electron chi connectivity index (χ3n) is 1.61. The Labute approximate surface area is 82.0 Å². The largest absolute Gasteiger partial charge is 0.504 e. The molecule has 1 aromatic carbocycles. The van der Waals surface area contributed by atoms with Crippen LogP contribution < -0.4 is 5.73 Å². The van der Waals surface area contributed by atoms with Gasteiger partial charge < -0.3 is 21.1 Å². The molecule has 0 radical (unpaired) electrons. The molecular formula is C8H12ClNO3. The Morgan fingerprint density at radius 1 is 1.23 bits per heavy atom. The van der Waals surface area contributed by atoms with Gasteiger partial charge >= 0.3 is 0 Å². The number of aliphatic hydroxyl groups excluding tert-OH is 1. The predicted octanol–water partition coefficient (Wildman–Crippen LogP) is 0.512. The van der Waals surface area contributed by atoms with E-state index >= 15 is 0 Å². The van der Waals surface area contributed by atoms with E-state index in [2.05, 4.69) is 0 Å². The molecule has 74 valence electrons. The van der Waals surface area contributed by atoms with Crippen LogP contribution in [-0.2, 0) is 0 Å². The topological polar surface area (TPSA) is 86.7 Å². The van der Waals surface area contributed by atoms with E-state index in [1.807, 2.05) is 0 Å². The van der Waals surface area contributed by atoms with E-state index in [9.17, 15) is 5.11 Å². The van der Waals surface area contributed by atoms with Gasteiger partial charge in [0.15, 0.2) is 11.5 Å². The van der Waals surface area contributed by atoms with Gasteiger partial charge in [-0.1, -0.05) is 6.07 Å². The van der Waals surface area contributed by atoms with Crippen molar-refractivity contribution in [3.8, 4) is 11.5 Å². The highest BCUT2D eigenvalue weighted by atomic mass is 35.5. The summed E-state index contributed by atoms with van der Waals surface area (Å²) in [4.78, 5) is 0. The Bertz CT molecular complexity index is 280. The first-order valence-electron chi connectivity index (χ1n) is 3.55. The highest BCUT2D eigenvalue weighted by Gasteiger charge is 2.07. The fraction of sp³-hybridized carbons (Fsp3) is 0.250. The Morgan fingerprint density at radius 3 is 2.31 bits per heavy atom. The molecule has 1 unspecified atom stereocenters. The molecule has 0 heterocycles. The van der Waals surface area contributed by atoms with Crippen LogP contribution in [0.3, 0.4) is 0 Å². The normalized spacial score (nSPS) is 11.8. The van der Waals surface area contributed by atoms with Crippen LogP contribution in [0.4, 0.5) is 0 Å². The van der Waals surface area contributed by atoms with E-state index in [-0.39, 0.29) is 30.5 Å². The Morgan fingerprint density at radius 2 is 1.85 bits per heavy atom. The monoisotopic (exact) mass is 211 g/mol. The van der Waals surface area contributed by atoms with Crippen LogP contribution >= 0.6 is 12.4 Å². The number of hydrogen-bond acceptors (Lipinski definition) is 4. The first-order valence-corrected chi connectivity index (χ1v) is 3.55. The molecular weight excluding hydrogens is 199 g/mol. The zero-order valence-electron chi connectivity index (χ0n) is 6.84. The highest BCUT2D eigenvalue weighted by molar-refractivity contribution is 5.85. The first kappa shape index (κ1) is 12.0. The van der Waals surface area contributed by atoms with Gasteiger partial charge in [-0.25, -0.2) is 0 Å². The maximum absolute atomic E-state index is 9.23. The number of aliphatic hydroxyl groups is 1. The minimum Gasteiger partial charge on any atom is -0.504 e. The van der Waals surface area contributed by atoms with Crippen LogP contribution in [0.25, 0.3) is 0 Å². The van der Waals surface area contributed by atoms with Crippen molar-refractivity contribution in [2.75, 3.05) is 6.54 Å². The second kappa shape index (κ2) is 4.91. The fourth-order valence-corrected chi connectivity index (χ4v) is 0.884. The van der Waals surface area contributed by atoms with Gasteiger partial charge in [0.1, 0.15) is 0 Å². The van der Waals surface area contributed by atoms with Crippen molar-refractivity contribution in [2.45, 2.75) is 6.10 Å². The molecule has 0 aromatic heterocycles. The minimum atomic E-state index is -0.795. The number of halogens is 1. The zero-order valence-corrected chi connectivity index (χ0v) is 7.66. The van der Waals surface area contributed by atoms with Gasteiger partial charge in [-0.15, -0.1) is 12.4 Å². The summed E-state index contributed by atoms with van der Waals surface area (Å²) in [7, 11) is 0. The van der Waals surface area contributed by atoms with Crippen molar-refractivity contribution in [3.05, 3.63) is 23.8 Å². The summed E-state index contributed by atoms with van der Waals surface area (Å²) in [6, 6.07) is 4.10. The maximum Gasteiger partial charge on any atom is 0.157 e. The summed E-state index contributed by atoms with van der Waals surface area (Å²) in [5.74, 6) is -0.456. The zero-order chi connectivity index (χ0) is 9.14. The third kappa shape index (κ3) is 2.77. The van der Waals surface area contributed by atoms with Gasteiger partial charge in [-0.05, 0) is 17.7 Å². The maximum atomic E-state index is 9.23. The Hall–Kier alpha value is -0.970. The van der Waals surface area contributed by atoms with Crippen molar-refractivity contribution in [3.63, 3.8) is 0 Å². The molecule has 1 rings (SSSR count). The Kier molecular flexibility index (Phi) is 4.55. The summed E-state index contributed by atoms with van der Waals surface area (Å²) in [6.07, 6.45) is -0.795. The van der Waals surface area contributed by atoms with Crippen LogP contribution in [0.15, 0.2) is 18.2 Å². The predicted molar refractivity (Wildman–Crippen MR) is 51.0 cm³/mol. The van der Waals surface area contributed by atoms with Crippen molar-refractivity contribution in [2.24, 2.45) is 5.73 Å². The van der Waals surface area contributed by atoms with E-state index in [1.165, 1.54) is 18.2 Å². The average Bonchev–Trinajstić information content (AvgIpc) is 2.08. The number of benzene rings is 1. The van der Waals surface area contributed by atoms with Crippen molar-refractivity contribution in [1.82, 2.24) is 0 Å². The molecule has 13 heavy (non-hydrogen) atoms. The second-order valence-corrected chi connectivity index (χ2v) is 2.50. The van der Waals surface area contributed by atoms with Gasteiger partial charge in [0.2, 0.25) is 0 Å². The van der Waals surface area contributed by atoms with E-state index in [0.717, 1.165) is 0 Å². The van der Waals surface area contributed by atoms with Gasteiger partial charge in [-0.3, -0.25) is 0 Å². The smallest absolute Gasteiger partial charge is 0.157 e. The van der Waals surface area contributed by atoms with Gasteiger partial charge in [0, 0.05) is 6.54 Å². The lowest BCUT2D eigenvalue weighted by Gasteiger charge is -2.08. The van der Waals surface area contributed by atoms with Gasteiger partial charge in [0.05, 0.1) is 6.10 Å². The quantitative estimate of drug-likeness (QED) is 0.537. The lowest BCUT2D eigenvalue weighted by Crippen LogP contribution is -2.11. The SMILES string of the molecule is Cl.NCC(O)[13c]1[13cH][13cH][13c](O)[13c](O)[13cH]1. The summed E-state index contributed by atoms with van der Waals surface area (Å²) in [6.45, 7) is 0.0875. The van der Waals surface area contributed by atoms with Gasteiger partial charge in [-0.2, -0.15) is 0 Å². The molecule has 1 aromatic rings. The van der Waals surface area contributed by atoms with E-state index in [1.54, 1.807) is 0 Å². The standard InChI is InChI=1S/C8H11NO3.ClH/c9-4-8(12)5-1-2-6(10)7(11)3-5;/h1-3,8,10-12H,4,9H2;1H/i1+1,2+1,3+1,5+1,6+1,7+1;. The first-order chi connectivity index (χ1) is 5.65. The molecule has 0 fully saturated rings. The third-order valence-corrected chi connectivity index (χ3v) is 1.61. The number of hydrogen-bond donors (Lipinski definition) is 4. The molecule has 5 N–H and O–H groups in total. The molecule has 1 atom stereocenters. The lowest BCUT2D eigenvalue weighted by atomic mass is 10.5. The molecule has 0 aliphatic carbocycles. The van der Waals surface area contributed by atoms with Crippen LogP contribution in [-0.4, -0.2) is 21.9 Å².